The lowest BCUT2D eigenvalue weighted by molar-refractivity contribution is -0.120. The Morgan fingerprint density at radius 2 is 1.92 bits per heavy atom. The van der Waals surface area contributed by atoms with Gasteiger partial charge in [0.25, 0.3) is 11.8 Å². The molecule has 6 nitrogen and oxygen atoms in total. The van der Waals surface area contributed by atoms with Crippen molar-refractivity contribution >= 4 is 11.9 Å². The molecule has 1 heterocycles. The van der Waals surface area contributed by atoms with E-state index >= 15 is 0 Å². The largest absolute Gasteiger partial charge is 0.354 e. The number of nitrogens with one attached hydrogen (secondary N) is 2. The van der Waals surface area contributed by atoms with Crippen LogP contribution in [0, 0.1) is 5.82 Å². The molecule has 2 aromatic carbocycles. The highest BCUT2D eigenvalue weighted by molar-refractivity contribution is 5.78. The fraction of sp³-hybridized carbons (Fsp3) is 0.167. The summed E-state index contributed by atoms with van der Waals surface area (Å²) in [6.45, 7) is 0.839. The van der Waals surface area contributed by atoms with Gasteiger partial charge in [-0.2, -0.15) is 4.98 Å². The summed E-state index contributed by atoms with van der Waals surface area (Å²) in [5.41, 5.74) is 1.47. The molecule has 1 aromatic heterocycles. The molecule has 0 radical (unpaired) electrons. The molecule has 7 heteroatoms. The van der Waals surface area contributed by atoms with Crippen LogP contribution in [0.5, 0.6) is 0 Å². The zero-order chi connectivity index (χ0) is 17.5. The lowest BCUT2D eigenvalue weighted by Gasteiger charge is -2.05. The van der Waals surface area contributed by atoms with Crippen LogP contribution in [0.2, 0.25) is 0 Å². The topological polar surface area (TPSA) is 80.0 Å². The molecule has 0 saturated heterocycles. The van der Waals surface area contributed by atoms with E-state index < -0.39 is 0 Å². The number of benzene rings is 2. The van der Waals surface area contributed by atoms with Crippen LogP contribution in [0.25, 0.3) is 11.5 Å². The van der Waals surface area contributed by atoms with Crippen LogP contribution in [0.4, 0.5) is 10.3 Å². The van der Waals surface area contributed by atoms with E-state index in [0.717, 1.165) is 5.56 Å². The maximum Gasteiger partial charge on any atom is 0.263 e. The molecule has 0 aliphatic carbocycles. The van der Waals surface area contributed by atoms with E-state index in [0.29, 0.717) is 30.5 Å². The standard InChI is InChI=1S/C18H17FN4O2/c19-15-8-4-5-13(11-15)12-16(24)20-9-10-21-18-22-17(25-23-18)14-6-2-1-3-7-14/h1-8,11H,9-10,12H2,(H,20,24)(H,21,23). The zero-order valence-corrected chi connectivity index (χ0v) is 13.4. The third-order valence-corrected chi connectivity index (χ3v) is 3.43. The van der Waals surface area contributed by atoms with Crippen molar-refractivity contribution in [3.8, 4) is 11.5 Å². The Hall–Kier alpha value is -3.22. The van der Waals surface area contributed by atoms with Gasteiger partial charge in [-0.15, -0.1) is 0 Å². The van der Waals surface area contributed by atoms with E-state index in [1.54, 1.807) is 12.1 Å². The normalized spacial score (nSPS) is 10.4. The van der Waals surface area contributed by atoms with Gasteiger partial charge in [-0.1, -0.05) is 30.3 Å². The Balaban J connectivity index is 1.41. The Morgan fingerprint density at radius 1 is 1.08 bits per heavy atom. The minimum absolute atomic E-state index is 0.137. The lowest BCUT2D eigenvalue weighted by atomic mass is 10.1. The Kier molecular flexibility index (Phi) is 5.36. The number of hydrogen-bond donors (Lipinski definition) is 2. The third-order valence-electron chi connectivity index (χ3n) is 3.43. The number of carbonyl (C=O) groups excluding carboxylic acids is 1. The molecular weight excluding hydrogens is 323 g/mol. The fourth-order valence-corrected chi connectivity index (χ4v) is 2.26. The maximum absolute atomic E-state index is 13.1. The average Bonchev–Trinajstić information content (AvgIpc) is 3.08. The zero-order valence-electron chi connectivity index (χ0n) is 13.4. The van der Waals surface area contributed by atoms with Gasteiger partial charge in [-0.25, -0.2) is 4.39 Å². The molecule has 1 amide bonds. The number of rotatable bonds is 7. The molecule has 0 saturated carbocycles. The van der Waals surface area contributed by atoms with Gasteiger partial charge in [-0.3, -0.25) is 4.79 Å². The number of nitrogens with zero attached hydrogens (tertiary/aromatic N) is 2. The van der Waals surface area contributed by atoms with Gasteiger partial charge >= 0.3 is 0 Å². The molecule has 25 heavy (non-hydrogen) atoms. The number of hydrogen-bond acceptors (Lipinski definition) is 5. The van der Waals surface area contributed by atoms with E-state index in [1.165, 1.54) is 12.1 Å². The van der Waals surface area contributed by atoms with Crippen molar-refractivity contribution in [1.82, 2.24) is 15.5 Å². The van der Waals surface area contributed by atoms with Crippen molar-refractivity contribution in [2.75, 3.05) is 18.4 Å². The number of anilines is 1. The van der Waals surface area contributed by atoms with E-state index in [9.17, 15) is 9.18 Å². The van der Waals surface area contributed by atoms with Crippen LogP contribution < -0.4 is 10.6 Å². The summed E-state index contributed by atoms with van der Waals surface area (Å²) in [6.07, 6.45) is 0.137. The third kappa shape index (κ3) is 4.87. The van der Waals surface area contributed by atoms with Crippen LogP contribution >= 0.6 is 0 Å². The first-order chi connectivity index (χ1) is 12.2. The van der Waals surface area contributed by atoms with E-state index in [2.05, 4.69) is 20.8 Å². The minimum Gasteiger partial charge on any atom is -0.354 e. The molecule has 0 aliphatic heterocycles. The fourth-order valence-electron chi connectivity index (χ4n) is 2.26. The quantitative estimate of drug-likeness (QED) is 0.646. The van der Waals surface area contributed by atoms with Gasteiger partial charge in [0, 0.05) is 18.7 Å². The molecule has 0 fully saturated rings. The summed E-state index contributed by atoms with van der Waals surface area (Å²) in [5, 5.41) is 9.56. The first kappa shape index (κ1) is 16.6. The highest BCUT2D eigenvalue weighted by atomic mass is 19.1. The van der Waals surface area contributed by atoms with E-state index in [-0.39, 0.29) is 18.1 Å². The number of aromatic nitrogens is 2. The molecule has 0 unspecified atom stereocenters. The summed E-state index contributed by atoms with van der Waals surface area (Å²) in [4.78, 5) is 16.0. The summed E-state index contributed by atoms with van der Waals surface area (Å²) in [6, 6.07) is 15.4. The Bertz CT molecular complexity index is 836. The molecular formula is C18H17FN4O2. The van der Waals surface area contributed by atoms with Crippen LogP contribution in [0.1, 0.15) is 5.56 Å². The number of halogens is 1. The van der Waals surface area contributed by atoms with Crippen LogP contribution in [0.3, 0.4) is 0 Å². The summed E-state index contributed by atoms with van der Waals surface area (Å²) < 4.78 is 18.2. The summed E-state index contributed by atoms with van der Waals surface area (Å²) in [5.74, 6) is 0.264. The summed E-state index contributed by atoms with van der Waals surface area (Å²) in [7, 11) is 0. The monoisotopic (exact) mass is 340 g/mol. The van der Waals surface area contributed by atoms with Gasteiger partial charge in [0.05, 0.1) is 6.42 Å². The molecule has 0 atom stereocenters. The summed E-state index contributed by atoms with van der Waals surface area (Å²) >= 11 is 0. The highest BCUT2D eigenvalue weighted by Crippen LogP contribution is 2.17. The van der Waals surface area contributed by atoms with Gasteiger partial charge in [0.2, 0.25) is 5.91 Å². The minimum atomic E-state index is -0.349. The van der Waals surface area contributed by atoms with Crippen molar-refractivity contribution in [2.24, 2.45) is 0 Å². The van der Waals surface area contributed by atoms with Crippen molar-refractivity contribution in [3.05, 3.63) is 66.0 Å². The van der Waals surface area contributed by atoms with Crippen molar-refractivity contribution in [2.45, 2.75) is 6.42 Å². The molecule has 2 N–H and O–H groups in total. The molecule has 0 aliphatic rings. The first-order valence-corrected chi connectivity index (χ1v) is 7.85. The van der Waals surface area contributed by atoms with Crippen molar-refractivity contribution in [1.29, 1.82) is 0 Å². The average molecular weight is 340 g/mol. The molecule has 0 bridgehead atoms. The lowest BCUT2D eigenvalue weighted by Crippen LogP contribution is -2.30. The van der Waals surface area contributed by atoms with Gasteiger partial charge < -0.3 is 15.2 Å². The van der Waals surface area contributed by atoms with Gasteiger partial charge in [0.15, 0.2) is 0 Å². The van der Waals surface area contributed by atoms with Crippen molar-refractivity contribution in [3.63, 3.8) is 0 Å². The predicted octanol–water partition coefficient (Wildman–Crippen LogP) is 2.65. The first-order valence-electron chi connectivity index (χ1n) is 7.85. The second-order valence-corrected chi connectivity index (χ2v) is 5.37. The smallest absolute Gasteiger partial charge is 0.263 e. The number of amides is 1. The Labute approximate surface area is 144 Å². The SMILES string of the molecule is O=C(Cc1cccc(F)c1)NCCNc1noc(-c2ccccc2)n1. The Morgan fingerprint density at radius 3 is 2.72 bits per heavy atom. The van der Waals surface area contributed by atoms with Crippen molar-refractivity contribution < 1.29 is 13.7 Å². The van der Waals surface area contributed by atoms with Gasteiger partial charge in [0.1, 0.15) is 5.82 Å². The molecule has 3 rings (SSSR count). The van der Waals surface area contributed by atoms with Crippen LogP contribution in [0.15, 0.2) is 59.1 Å². The second-order valence-electron chi connectivity index (χ2n) is 5.37. The van der Waals surface area contributed by atoms with Crippen LogP contribution in [-0.2, 0) is 11.2 Å². The van der Waals surface area contributed by atoms with E-state index in [4.69, 9.17) is 4.52 Å². The molecule has 128 valence electrons. The molecule has 3 aromatic rings. The second kappa shape index (κ2) is 8.05. The molecule has 0 spiro atoms. The van der Waals surface area contributed by atoms with Gasteiger partial charge in [-0.05, 0) is 35.0 Å². The number of carbonyl (C=O) groups is 1. The van der Waals surface area contributed by atoms with Crippen LogP contribution in [-0.4, -0.2) is 29.1 Å². The maximum atomic E-state index is 13.1. The highest BCUT2D eigenvalue weighted by Gasteiger charge is 2.08. The predicted molar refractivity (Wildman–Crippen MR) is 91.3 cm³/mol. The van der Waals surface area contributed by atoms with E-state index in [1.807, 2.05) is 30.3 Å².